The van der Waals surface area contributed by atoms with Crippen LogP contribution in [-0.2, 0) is 0 Å². The monoisotopic (exact) mass is 276 g/mol. The number of benzene rings is 2. The molecule has 2 aromatic carbocycles. The van der Waals surface area contributed by atoms with E-state index >= 15 is 0 Å². The molecule has 0 aromatic heterocycles. The fourth-order valence-corrected chi connectivity index (χ4v) is 1.66. The van der Waals surface area contributed by atoms with E-state index in [4.69, 9.17) is 5.11 Å². The number of carboxylic acids is 1. The zero-order valence-corrected chi connectivity index (χ0v) is 10.0. The van der Waals surface area contributed by atoms with Crippen molar-refractivity contribution in [2.24, 2.45) is 0 Å². The van der Waals surface area contributed by atoms with Crippen LogP contribution in [0.5, 0.6) is 0 Å². The van der Waals surface area contributed by atoms with Crippen molar-refractivity contribution in [1.29, 1.82) is 0 Å². The highest BCUT2D eigenvalue weighted by Gasteiger charge is 2.14. The van der Waals surface area contributed by atoms with Crippen molar-refractivity contribution in [3.8, 4) is 0 Å². The van der Waals surface area contributed by atoms with Gasteiger partial charge in [0.05, 0.1) is 10.5 Å². The number of nitrogens with zero attached hydrogens (tertiary/aromatic N) is 1. The molecule has 102 valence electrons. The Bertz CT molecular complexity index is 688. The van der Waals surface area contributed by atoms with E-state index < -0.39 is 22.3 Å². The van der Waals surface area contributed by atoms with Crippen LogP contribution < -0.4 is 5.32 Å². The first-order valence-corrected chi connectivity index (χ1v) is 5.52. The Balaban J connectivity index is 2.34. The van der Waals surface area contributed by atoms with E-state index in [1.807, 2.05) is 0 Å². The summed E-state index contributed by atoms with van der Waals surface area (Å²) in [7, 11) is 0. The Morgan fingerprint density at radius 3 is 2.55 bits per heavy atom. The van der Waals surface area contributed by atoms with Crippen LogP contribution in [0.25, 0.3) is 0 Å². The predicted molar refractivity (Wildman–Crippen MR) is 69.7 cm³/mol. The van der Waals surface area contributed by atoms with Crippen molar-refractivity contribution in [1.82, 2.24) is 0 Å². The van der Waals surface area contributed by atoms with Crippen molar-refractivity contribution in [2.45, 2.75) is 0 Å². The van der Waals surface area contributed by atoms with Crippen LogP contribution in [0.4, 0.5) is 21.5 Å². The van der Waals surface area contributed by atoms with Crippen molar-refractivity contribution >= 4 is 23.0 Å². The number of carboxylic acid groups (broad SMARTS) is 1. The molecule has 0 radical (unpaired) electrons. The Morgan fingerprint density at radius 2 is 1.95 bits per heavy atom. The van der Waals surface area contributed by atoms with Gasteiger partial charge in [0.2, 0.25) is 0 Å². The van der Waals surface area contributed by atoms with E-state index in [-0.39, 0.29) is 17.1 Å². The van der Waals surface area contributed by atoms with Crippen LogP contribution >= 0.6 is 0 Å². The summed E-state index contributed by atoms with van der Waals surface area (Å²) in [5.74, 6) is -2.29. The topological polar surface area (TPSA) is 92.5 Å². The highest BCUT2D eigenvalue weighted by molar-refractivity contribution is 5.88. The molecule has 7 heteroatoms. The lowest BCUT2D eigenvalue weighted by Crippen LogP contribution is -2.02. The Kier molecular flexibility index (Phi) is 3.60. The number of carbonyl (C=O) groups is 1. The molecule has 0 bridgehead atoms. The molecule has 0 saturated carbocycles. The van der Waals surface area contributed by atoms with Crippen molar-refractivity contribution in [3.63, 3.8) is 0 Å². The minimum atomic E-state index is -1.38. The van der Waals surface area contributed by atoms with Crippen molar-refractivity contribution in [2.75, 3.05) is 5.32 Å². The van der Waals surface area contributed by atoms with Gasteiger partial charge in [-0.3, -0.25) is 10.1 Å². The molecular weight excluding hydrogens is 267 g/mol. The van der Waals surface area contributed by atoms with E-state index in [2.05, 4.69) is 5.32 Å². The van der Waals surface area contributed by atoms with Crippen molar-refractivity contribution in [3.05, 3.63) is 64.0 Å². The molecule has 2 rings (SSSR count). The summed E-state index contributed by atoms with van der Waals surface area (Å²) in [5.41, 5.74) is -0.199. The average molecular weight is 276 g/mol. The third-order valence-corrected chi connectivity index (χ3v) is 2.58. The highest BCUT2D eigenvalue weighted by atomic mass is 19.1. The van der Waals surface area contributed by atoms with Gasteiger partial charge < -0.3 is 10.4 Å². The lowest BCUT2D eigenvalue weighted by molar-refractivity contribution is -0.383. The number of hydrogen-bond donors (Lipinski definition) is 2. The number of hydrogen-bond acceptors (Lipinski definition) is 4. The van der Waals surface area contributed by atoms with Gasteiger partial charge in [-0.2, -0.15) is 0 Å². The molecule has 6 nitrogen and oxygen atoms in total. The van der Waals surface area contributed by atoms with Gasteiger partial charge in [0.1, 0.15) is 11.5 Å². The predicted octanol–water partition coefficient (Wildman–Crippen LogP) is 3.18. The Labute approximate surface area is 112 Å². The maximum atomic E-state index is 13.5. The van der Waals surface area contributed by atoms with Gasteiger partial charge in [-0.1, -0.05) is 12.1 Å². The third-order valence-electron chi connectivity index (χ3n) is 2.58. The van der Waals surface area contributed by atoms with E-state index in [1.54, 1.807) is 6.07 Å². The third kappa shape index (κ3) is 2.72. The second-order valence-electron chi connectivity index (χ2n) is 3.90. The zero-order chi connectivity index (χ0) is 14.7. The quantitative estimate of drug-likeness (QED) is 0.660. The number of rotatable bonds is 4. The number of nitrogens with one attached hydrogen (secondary N) is 1. The summed E-state index contributed by atoms with van der Waals surface area (Å²) in [4.78, 5) is 21.0. The van der Waals surface area contributed by atoms with Crippen LogP contribution in [-0.4, -0.2) is 16.0 Å². The zero-order valence-electron chi connectivity index (χ0n) is 10.0. The van der Waals surface area contributed by atoms with E-state index in [0.717, 1.165) is 12.1 Å². The van der Waals surface area contributed by atoms with Crippen molar-refractivity contribution < 1.29 is 19.2 Å². The molecule has 0 aliphatic heterocycles. The molecule has 2 aromatic rings. The molecular formula is C13H9FN2O4. The molecule has 0 fully saturated rings. The second kappa shape index (κ2) is 5.35. The summed E-state index contributed by atoms with van der Waals surface area (Å²) in [6, 6.07) is 9.29. The van der Waals surface area contributed by atoms with Gasteiger partial charge in [0.25, 0.3) is 5.69 Å². The normalized spacial score (nSPS) is 10.1. The van der Waals surface area contributed by atoms with Gasteiger partial charge in [-0.05, 0) is 24.3 Å². The Hall–Kier alpha value is -2.96. The van der Waals surface area contributed by atoms with E-state index in [1.165, 1.54) is 24.3 Å². The first-order valence-electron chi connectivity index (χ1n) is 5.52. The summed E-state index contributed by atoms with van der Waals surface area (Å²) in [6.07, 6.45) is 0. The van der Waals surface area contributed by atoms with E-state index in [0.29, 0.717) is 0 Å². The molecule has 20 heavy (non-hydrogen) atoms. The first kappa shape index (κ1) is 13.5. The van der Waals surface area contributed by atoms with Gasteiger partial charge in [-0.15, -0.1) is 0 Å². The summed E-state index contributed by atoms with van der Waals surface area (Å²) in [6.45, 7) is 0. The van der Waals surface area contributed by atoms with Crippen LogP contribution in [0, 0.1) is 15.9 Å². The molecule has 0 aliphatic carbocycles. The molecule has 0 spiro atoms. The highest BCUT2D eigenvalue weighted by Crippen LogP contribution is 2.27. The Morgan fingerprint density at radius 1 is 1.25 bits per heavy atom. The van der Waals surface area contributed by atoms with Crippen LogP contribution in [0.15, 0.2) is 42.5 Å². The maximum Gasteiger partial charge on any atom is 0.338 e. The van der Waals surface area contributed by atoms with Gasteiger partial charge >= 0.3 is 5.97 Å². The molecule has 0 aliphatic rings. The first-order chi connectivity index (χ1) is 9.49. The van der Waals surface area contributed by atoms with Gasteiger partial charge in [-0.25, -0.2) is 9.18 Å². The van der Waals surface area contributed by atoms with Gasteiger partial charge in [0.15, 0.2) is 0 Å². The molecule has 0 amide bonds. The lowest BCUT2D eigenvalue weighted by atomic mass is 10.2. The number of nitro groups is 1. The molecule has 0 atom stereocenters. The van der Waals surface area contributed by atoms with Crippen LogP contribution in [0.3, 0.4) is 0 Å². The fraction of sp³-hybridized carbons (Fsp3) is 0. The second-order valence-corrected chi connectivity index (χ2v) is 3.90. The van der Waals surface area contributed by atoms with Crippen LogP contribution in [0.1, 0.15) is 10.4 Å². The lowest BCUT2D eigenvalue weighted by Gasteiger charge is -2.07. The van der Waals surface area contributed by atoms with Crippen LogP contribution in [0.2, 0.25) is 0 Å². The molecule has 0 unspecified atom stereocenters. The largest absolute Gasteiger partial charge is 0.478 e. The summed E-state index contributed by atoms with van der Waals surface area (Å²) < 4.78 is 13.5. The molecule has 0 saturated heterocycles. The smallest absolute Gasteiger partial charge is 0.338 e. The summed E-state index contributed by atoms with van der Waals surface area (Å²) in [5, 5.41) is 22.2. The average Bonchev–Trinajstić information content (AvgIpc) is 2.38. The number of nitro benzene ring substituents is 1. The maximum absolute atomic E-state index is 13.5. The molecule has 0 heterocycles. The number of halogens is 1. The van der Waals surface area contributed by atoms with E-state index in [9.17, 15) is 19.3 Å². The van der Waals surface area contributed by atoms with Gasteiger partial charge in [0, 0.05) is 11.8 Å². The SMILES string of the molecule is O=C(O)c1ccc(Nc2ccccc2[N+](=O)[O-])cc1F. The number of anilines is 2. The fourth-order valence-electron chi connectivity index (χ4n) is 1.66. The minimum absolute atomic E-state index is 0.157. The minimum Gasteiger partial charge on any atom is -0.478 e. The number of aromatic carboxylic acids is 1. The molecule has 2 N–H and O–H groups in total. The standard InChI is InChI=1S/C13H9FN2O4/c14-10-7-8(5-6-9(10)13(17)18)15-11-3-1-2-4-12(11)16(19)20/h1-7,15H,(H,17,18). The number of para-hydroxylation sites is 2. The summed E-state index contributed by atoms with van der Waals surface area (Å²) >= 11 is 0.